The van der Waals surface area contributed by atoms with Crippen LogP contribution < -0.4 is 9.46 Å². The number of hydrogen-bond donors (Lipinski definition) is 2. The van der Waals surface area contributed by atoms with Gasteiger partial charge in [0.25, 0.3) is 10.0 Å². The first-order valence-electron chi connectivity index (χ1n) is 9.53. The Morgan fingerprint density at radius 2 is 1.84 bits per heavy atom. The second kappa shape index (κ2) is 11.0. The van der Waals surface area contributed by atoms with Gasteiger partial charge in [-0.25, -0.2) is 13.2 Å². The van der Waals surface area contributed by atoms with Crippen LogP contribution in [0.1, 0.15) is 24.5 Å². The summed E-state index contributed by atoms with van der Waals surface area (Å²) >= 11 is 0. The van der Waals surface area contributed by atoms with Crippen LogP contribution in [0.4, 0.5) is 5.69 Å². The fraction of sp³-hybridized carbons (Fsp3) is 0.217. The SMILES string of the molecule is CCOC(=O)/C(=C/C#Cc1ccc(OC)cc1NS(=O)(=O)c1ccc(C)cc1)CC(=O)O. The van der Waals surface area contributed by atoms with Crippen molar-refractivity contribution in [2.45, 2.75) is 25.2 Å². The minimum absolute atomic E-state index is 0.0794. The molecule has 0 spiro atoms. The largest absolute Gasteiger partial charge is 0.497 e. The highest BCUT2D eigenvalue weighted by molar-refractivity contribution is 7.92. The van der Waals surface area contributed by atoms with Crippen molar-refractivity contribution in [3.05, 3.63) is 65.2 Å². The van der Waals surface area contributed by atoms with E-state index in [1.54, 1.807) is 31.2 Å². The number of aliphatic carboxylic acids is 1. The minimum atomic E-state index is -3.90. The number of benzene rings is 2. The van der Waals surface area contributed by atoms with Gasteiger partial charge in [-0.1, -0.05) is 29.5 Å². The second-order valence-corrected chi connectivity index (χ2v) is 8.24. The summed E-state index contributed by atoms with van der Waals surface area (Å²) < 4.78 is 38.1. The number of aryl methyl sites for hydroxylation is 1. The van der Waals surface area contributed by atoms with Crippen LogP contribution in [0.5, 0.6) is 5.75 Å². The summed E-state index contributed by atoms with van der Waals surface area (Å²) in [5.41, 5.74) is 1.27. The Labute approximate surface area is 186 Å². The van der Waals surface area contributed by atoms with Crippen LogP contribution in [0, 0.1) is 18.8 Å². The van der Waals surface area contributed by atoms with E-state index >= 15 is 0 Å². The zero-order chi connectivity index (χ0) is 23.7. The quantitative estimate of drug-likeness (QED) is 0.355. The maximum atomic E-state index is 12.8. The average Bonchev–Trinajstić information content (AvgIpc) is 2.74. The van der Waals surface area contributed by atoms with Gasteiger partial charge >= 0.3 is 11.9 Å². The van der Waals surface area contributed by atoms with Gasteiger partial charge in [0.05, 0.1) is 36.3 Å². The monoisotopic (exact) mass is 457 g/mol. The zero-order valence-electron chi connectivity index (χ0n) is 17.8. The van der Waals surface area contributed by atoms with E-state index in [2.05, 4.69) is 16.6 Å². The van der Waals surface area contributed by atoms with Gasteiger partial charge in [-0.15, -0.1) is 0 Å². The third kappa shape index (κ3) is 6.89. The van der Waals surface area contributed by atoms with Crippen molar-refractivity contribution in [3.8, 4) is 17.6 Å². The Hall–Kier alpha value is -3.77. The van der Waals surface area contributed by atoms with E-state index in [1.165, 1.54) is 25.3 Å². The number of hydrogen-bond acceptors (Lipinski definition) is 6. The third-order valence-electron chi connectivity index (χ3n) is 4.13. The highest BCUT2D eigenvalue weighted by atomic mass is 32.2. The Bertz CT molecular complexity index is 1190. The lowest BCUT2D eigenvalue weighted by atomic mass is 10.1. The number of sulfonamides is 1. The number of ether oxygens (including phenoxy) is 2. The lowest BCUT2D eigenvalue weighted by Crippen LogP contribution is -2.14. The summed E-state index contributed by atoms with van der Waals surface area (Å²) in [5, 5.41) is 8.98. The van der Waals surface area contributed by atoms with Crippen LogP contribution in [0.2, 0.25) is 0 Å². The van der Waals surface area contributed by atoms with Gasteiger partial charge in [0.15, 0.2) is 0 Å². The number of carboxylic acids is 1. The first kappa shape index (κ1) is 24.5. The normalized spacial score (nSPS) is 11.2. The molecule has 2 aromatic carbocycles. The van der Waals surface area contributed by atoms with Gasteiger partial charge in [-0.3, -0.25) is 9.52 Å². The van der Waals surface area contributed by atoms with E-state index in [-0.39, 0.29) is 22.8 Å². The van der Waals surface area contributed by atoms with E-state index < -0.39 is 28.4 Å². The summed E-state index contributed by atoms with van der Waals surface area (Å²) in [4.78, 5) is 23.0. The summed E-state index contributed by atoms with van der Waals surface area (Å²) in [6.45, 7) is 3.54. The predicted molar refractivity (Wildman–Crippen MR) is 119 cm³/mol. The minimum Gasteiger partial charge on any atom is -0.497 e. The summed E-state index contributed by atoms with van der Waals surface area (Å²) in [6.07, 6.45) is 0.595. The number of methoxy groups -OCH3 is 1. The molecule has 0 aliphatic rings. The van der Waals surface area contributed by atoms with Gasteiger partial charge in [0.1, 0.15) is 5.75 Å². The Kier molecular flexibility index (Phi) is 8.44. The third-order valence-corrected chi connectivity index (χ3v) is 5.52. The van der Waals surface area contributed by atoms with Crippen LogP contribution in [0.25, 0.3) is 0 Å². The molecule has 2 aromatic rings. The molecule has 0 fully saturated rings. The Morgan fingerprint density at radius 1 is 1.16 bits per heavy atom. The van der Waals surface area contributed by atoms with Crippen molar-refractivity contribution in [1.82, 2.24) is 0 Å². The number of nitrogens with one attached hydrogen (secondary N) is 1. The molecule has 0 bridgehead atoms. The van der Waals surface area contributed by atoms with Crippen molar-refractivity contribution < 1.29 is 32.6 Å². The molecule has 0 atom stereocenters. The van der Waals surface area contributed by atoms with E-state index in [0.29, 0.717) is 11.3 Å². The van der Waals surface area contributed by atoms with Crippen molar-refractivity contribution in [1.29, 1.82) is 0 Å². The number of carbonyl (C=O) groups is 2. The molecule has 0 aromatic heterocycles. The number of allylic oxidation sites excluding steroid dienone is 1. The van der Waals surface area contributed by atoms with Gasteiger partial charge in [-0.05, 0) is 44.2 Å². The van der Waals surface area contributed by atoms with Crippen molar-refractivity contribution >= 4 is 27.6 Å². The molecule has 0 amide bonds. The molecule has 8 nitrogen and oxygen atoms in total. The van der Waals surface area contributed by atoms with Crippen LogP contribution in [-0.4, -0.2) is 39.2 Å². The smallest absolute Gasteiger partial charge is 0.335 e. The van der Waals surface area contributed by atoms with Crippen LogP contribution in [-0.2, 0) is 24.3 Å². The van der Waals surface area contributed by atoms with E-state index in [4.69, 9.17) is 14.6 Å². The predicted octanol–water partition coefficient (Wildman–Crippen LogP) is 3.12. The van der Waals surface area contributed by atoms with E-state index in [1.807, 2.05) is 6.92 Å². The number of rotatable bonds is 8. The summed E-state index contributed by atoms with van der Waals surface area (Å²) in [7, 11) is -2.45. The van der Waals surface area contributed by atoms with E-state index in [0.717, 1.165) is 11.6 Å². The number of carboxylic acid groups (broad SMARTS) is 1. The Balaban J connectivity index is 2.43. The summed E-state index contributed by atoms with van der Waals surface area (Å²) in [5.74, 6) is 3.77. The van der Waals surface area contributed by atoms with Gasteiger partial charge < -0.3 is 14.6 Å². The number of anilines is 1. The Morgan fingerprint density at radius 3 is 2.44 bits per heavy atom. The second-order valence-electron chi connectivity index (χ2n) is 6.56. The first-order valence-corrected chi connectivity index (χ1v) is 11.0. The standard InChI is InChI=1S/C23H23NO7S/c1-4-31-23(27)18(14-22(25)26)7-5-6-17-10-11-19(30-3)15-21(17)24-32(28,29)20-12-8-16(2)9-13-20/h7-13,15,24H,4,14H2,1-3H3,(H,25,26)/b18-7+. The topological polar surface area (TPSA) is 119 Å². The fourth-order valence-corrected chi connectivity index (χ4v) is 3.61. The molecule has 0 unspecified atom stereocenters. The number of carbonyl (C=O) groups excluding carboxylic acids is 1. The molecule has 0 saturated carbocycles. The van der Waals surface area contributed by atoms with Gasteiger partial charge in [0.2, 0.25) is 0 Å². The molecule has 0 aliphatic carbocycles. The van der Waals surface area contributed by atoms with Crippen molar-refractivity contribution in [2.75, 3.05) is 18.4 Å². The van der Waals surface area contributed by atoms with Gasteiger partial charge in [0, 0.05) is 11.6 Å². The molecule has 0 radical (unpaired) electrons. The maximum Gasteiger partial charge on any atom is 0.335 e. The molecule has 0 saturated heterocycles. The molecule has 0 heterocycles. The molecule has 2 N–H and O–H groups in total. The molecule has 9 heteroatoms. The van der Waals surface area contributed by atoms with Crippen LogP contribution in [0.15, 0.2) is 59.0 Å². The van der Waals surface area contributed by atoms with Crippen molar-refractivity contribution in [2.24, 2.45) is 0 Å². The van der Waals surface area contributed by atoms with Crippen molar-refractivity contribution in [3.63, 3.8) is 0 Å². The van der Waals surface area contributed by atoms with E-state index in [9.17, 15) is 18.0 Å². The maximum absolute atomic E-state index is 12.8. The molecular formula is C23H23NO7S. The lowest BCUT2D eigenvalue weighted by Gasteiger charge is -2.11. The molecule has 0 aliphatic heterocycles. The van der Waals surface area contributed by atoms with Gasteiger partial charge in [-0.2, -0.15) is 0 Å². The average molecular weight is 458 g/mol. The molecule has 2 rings (SSSR count). The fourth-order valence-electron chi connectivity index (χ4n) is 2.53. The lowest BCUT2D eigenvalue weighted by molar-refractivity contribution is -0.142. The van der Waals surface area contributed by atoms with Crippen LogP contribution >= 0.6 is 0 Å². The molecule has 32 heavy (non-hydrogen) atoms. The number of esters is 1. The zero-order valence-corrected chi connectivity index (χ0v) is 18.7. The summed E-state index contributed by atoms with van der Waals surface area (Å²) in [6, 6.07) is 11.0. The highest BCUT2D eigenvalue weighted by Crippen LogP contribution is 2.25. The van der Waals surface area contributed by atoms with Crippen LogP contribution in [0.3, 0.4) is 0 Å². The molecular weight excluding hydrogens is 434 g/mol. The first-order chi connectivity index (χ1) is 15.2. The highest BCUT2D eigenvalue weighted by Gasteiger charge is 2.17. The molecule has 168 valence electrons.